The van der Waals surface area contributed by atoms with Gasteiger partial charge < -0.3 is 10.2 Å². The minimum absolute atomic E-state index is 0.0993. The van der Waals surface area contributed by atoms with Crippen LogP contribution in [0.5, 0.6) is 0 Å². The summed E-state index contributed by atoms with van der Waals surface area (Å²) in [6.45, 7) is 0. The highest BCUT2D eigenvalue weighted by Crippen LogP contribution is 2.40. The van der Waals surface area contributed by atoms with Crippen molar-refractivity contribution < 1.29 is 4.42 Å². The fourth-order valence-electron chi connectivity index (χ4n) is 4.55. The van der Waals surface area contributed by atoms with E-state index in [1.807, 2.05) is 54.6 Å². The highest BCUT2D eigenvalue weighted by molar-refractivity contribution is 5.91. The fourth-order valence-corrected chi connectivity index (χ4v) is 4.55. The van der Waals surface area contributed by atoms with Crippen LogP contribution in [0.15, 0.2) is 94.8 Å². The van der Waals surface area contributed by atoms with Gasteiger partial charge in [-0.05, 0) is 36.5 Å². The van der Waals surface area contributed by atoms with E-state index in [9.17, 15) is 4.79 Å². The lowest BCUT2D eigenvalue weighted by Crippen LogP contribution is -2.43. The molecule has 1 saturated carbocycles. The van der Waals surface area contributed by atoms with Gasteiger partial charge in [-0.15, -0.1) is 0 Å². The number of fused-ring (bicyclic) bond motifs is 1. The molecule has 2 aromatic carbocycles. The van der Waals surface area contributed by atoms with E-state index in [0.717, 1.165) is 36.0 Å². The van der Waals surface area contributed by atoms with Crippen molar-refractivity contribution in [2.75, 3.05) is 0 Å². The monoisotopic (exact) mass is 434 g/mol. The number of rotatable bonds is 4. The van der Waals surface area contributed by atoms with Gasteiger partial charge in [0.25, 0.3) is 0 Å². The first-order valence-electron chi connectivity index (χ1n) is 11.0. The van der Waals surface area contributed by atoms with Crippen LogP contribution in [0.1, 0.15) is 24.8 Å². The molecule has 0 amide bonds. The van der Waals surface area contributed by atoms with Crippen LogP contribution in [0.4, 0.5) is 0 Å². The summed E-state index contributed by atoms with van der Waals surface area (Å²) in [7, 11) is 0. The van der Waals surface area contributed by atoms with Crippen LogP contribution in [0, 0.1) is 0 Å². The van der Waals surface area contributed by atoms with Gasteiger partial charge in [-0.2, -0.15) is 0 Å². The first-order chi connectivity index (χ1) is 16.1. The van der Waals surface area contributed by atoms with Crippen molar-refractivity contribution in [2.45, 2.75) is 24.8 Å². The third-order valence-corrected chi connectivity index (χ3v) is 6.57. The fraction of sp³-hybridized carbons (Fsp3) is 0.148. The molecule has 6 nitrogen and oxygen atoms in total. The number of nitrogens with zero attached hydrogens (tertiary/aromatic N) is 3. The number of pyridine rings is 1. The normalized spacial score (nSPS) is 14.8. The Labute approximate surface area is 190 Å². The molecule has 6 rings (SSSR count). The van der Waals surface area contributed by atoms with Gasteiger partial charge in [0.15, 0.2) is 11.4 Å². The topological polar surface area (TPSA) is 86.9 Å². The Morgan fingerprint density at radius 1 is 0.939 bits per heavy atom. The minimum atomic E-state index is -0.250. The maximum absolute atomic E-state index is 13.9. The van der Waals surface area contributed by atoms with Crippen molar-refractivity contribution in [2.24, 2.45) is 5.73 Å². The molecule has 0 spiro atoms. The molecule has 1 aliphatic rings. The second-order valence-electron chi connectivity index (χ2n) is 8.57. The zero-order valence-electron chi connectivity index (χ0n) is 17.9. The number of aromatic nitrogens is 3. The van der Waals surface area contributed by atoms with E-state index < -0.39 is 0 Å². The Balaban J connectivity index is 1.61. The Hall–Kier alpha value is -4.03. The lowest BCUT2D eigenvalue weighted by Gasteiger charge is -2.38. The van der Waals surface area contributed by atoms with E-state index in [0.29, 0.717) is 28.1 Å². The summed E-state index contributed by atoms with van der Waals surface area (Å²) in [6.07, 6.45) is 9.84. The molecule has 33 heavy (non-hydrogen) atoms. The van der Waals surface area contributed by atoms with Crippen molar-refractivity contribution in [1.82, 2.24) is 14.5 Å². The van der Waals surface area contributed by atoms with Crippen molar-refractivity contribution in [3.8, 4) is 28.3 Å². The third kappa shape index (κ3) is 3.18. The zero-order valence-corrected chi connectivity index (χ0v) is 17.9. The summed E-state index contributed by atoms with van der Waals surface area (Å²) in [4.78, 5) is 22.4. The van der Waals surface area contributed by atoms with Crippen LogP contribution in [-0.4, -0.2) is 14.5 Å². The van der Waals surface area contributed by atoms with Crippen molar-refractivity contribution in [1.29, 1.82) is 0 Å². The lowest BCUT2D eigenvalue weighted by molar-refractivity contribution is 0.253. The van der Waals surface area contributed by atoms with E-state index in [1.165, 1.54) is 0 Å². The SMILES string of the molecule is NC1(c2ccc(-c3c(-c4ccccc4)oc4c(-n5ccnc5)nccc4c3=O)cc2)CCC1. The van der Waals surface area contributed by atoms with Crippen molar-refractivity contribution >= 4 is 11.0 Å². The first kappa shape index (κ1) is 19.6. The van der Waals surface area contributed by atoms with Gasteiger partial charge in [0.1, 0.15) is 12.1 Å². The number of hydrogen-bond acceptors (Lipinski definition) is 5. The van der Waals surface area contributed by atoms with E-state index in [4.69, 9.17) is 10.2 Å². The van der Waals surface area contributed by atoms with E-state index in [2.05, 4.69) is 9.97 Å². The van der Waals surface area contributed by atoms with Gasteiger partial charge in [-0.1, -0.05) is 54.6 Å². The largest absolute Gasteiger partial charge is 0.451 e. The number of benzene rings is 2. The molecule has 0 atom stereocenters. The van der Waals surface area contributed by atoms with Crippen LogP contribution >= 0.6 is 0 Å². The van der Waals surface area contributed by atoms with Crippen molar-refractivity contribution in [3.63, 3.8) is 0 Å². The number of imidazole rings is 1. The van der Waals surface area contributed by atoms with Crippen molar-refractivity contribution in [3.05, 3.63) is 101 Å². The second-order valence-corrected chi connectivity index (χ2v) is 8.57. The standard InChI is InChI=1S/C27H22N4O2/c28-27(12-4-13-27)20-9-7-18(8-10-20)22-23(32)21-11-14-30-26(31-16-15-29-17-31)25(21)33-24(22)19-5-2-1-3-6-19/h1-3,5-11,14-17H,4,12-13,28H2. The van der Waals surface area contributed by atoms with E-state index >= 15 is 0 Å². The molecule has 0 unspecified atom stereocenters. The zero-order chi connectivity index (χ0) is 22.4. The van der Waals surface area contributed by atoms with Crippen LogP contribution in [0.3, 0.4) is 0 Å². The van der Waals surface area contributed by atoms with Gasteiger partial charge in [-0.3, -0.25) is 9.36 Å². The minimum Gasteiger partial charge on any atom is -0.451 e. The molecule has 3 aromatic heterocycles. The third-order valence-electron chi connectivity index (χ3n) is 6.57. The maximum atomic E-state index is 13.9. The van der Waals surface area contributed by atoms with E-state index in [-0.39, 0.29) is 11.0 Å². The van der Waals surface area contributed by atoms with Crippen LogP contribution in [0.2, 0.25) is 0 Å². The number of nitrogens with two attached hydrogens (primary N) is 1. The van der Waals surface area contributed by atoms with E-state index in [1.54, 1.807) is 35.6 Å². The number of hydrogen-bond donors (Lipinski definition) is 1. The molecule has 5 aromatic rings. The molecule has 6 heteroatoms. The Bertz CT molecular complexity index is 1500. The summed E-state index contributed by atoms with van der Waals surface area (Å²) in [6, 6.07) is 19.4. The van der Waals surface area contributed by atoms with Crippen LogP contribution in [-0.2, 0) is 5.54 Å². The predicted molar refractivity (Wildman–Crippen MR) is 128 cm³/mol. The molecular weight excluding hydrogens is 412 g/mol. The molecule has 0 radical (unpaired) electrons. The maximum Gasteiger partial charge on any atom is 0.201 e. The van der Waals surface area contributed by atoms with Gasteiger partial charge in [0, 0.05) is 29.7 Å². The molecule has 1 fully saturated rings. The molecule has 0 bridgehead atoms. The molecule has 0 saturated heterocycles. The predicted octanol–water partition coefficient (Wildman–Crippen LogP) is 5.05. The summed E-state index contributed by atoms with van der Waals surface area (Å²) < 4.78 is 8.21. The summed E-state index contributed by atoms with van der Waals surface area (Å²) in [5, 5.41) is 0.474. The molecule has 1 aliphatic carbocycles. The molecule has 3 heterocycles. The quantitative estimate of drug-likeness (QED) is 0.428. The van der Waals surface area contributed by atoms with Gasteiger partial charge >= 0.3 is 0 Å². The van der Waals surface area contributed by atoms with Crippen LogP contribution in [0.25, 0.3) is 39.2 Å². The first-order valence-corrected chi connectivity index (χ1v) is 11.0. The highest BCUT2D eigenvalue weighted by Gasteiger charge is 2.34. The smallest absolute Gasteiger partial charge is 0.201 e. The molecular formula is C27H22N4O2. The van der Waals surface area contributed by atoms with Crippen LogP contribution < -0.4 is 11.2 Å². The summed E-state index contributed by atoms with van der Waals surface area (Å²) >= 11 is 0. The average molecular weight is 434 g/mol. The van der Waals surface area contributed by atoms with Gasteiger partial charge in [-0.25, -0.2) is 9.97 Å². The Morgan fingerprint density at radius 2 is 1.73 bits per heavy atom. The van der Waals surface area contributed by atoms with Gasteiger partial charge in [0.05, 0.1) is 10.9 Å². The second kappa shape index (κ2) is 7.53. The van der Waals surface area contributed by atoms with Gasteiger partial charge in [0.2, 0.25) is 5.43 Å². The summed E-state index contributed by atoms with van der Waals surface area (Å²) in [5.74, 6) is 1.04. The highest BCUT2D eigenvalue weighted by atomic mass is 16.3. The molecule has 2 N–H and O–H groups in total. The Morgan fingerprint density at radius 3 is 2.39 bits per heavy atom. The lowest BCUT2D eigenvalue weighted by atomic mass is 9.72. The Kier molecular flexibility index (Phi) is 4.48. The summed E-state index contributed by atoms with van der Waals surface area (Å²) in [5.41, 5.74) is 9.85. The molecule has 0 aliphatic heterocycles. The molecule has 162 valence electrons. The average Bonchev–Trinajstić information content (AvgIpc) is 3.38.